The van der Waals surface area contributed by atoms with E-state index in [9.17, 15) is 9.59 Å². The second kappa shape index (κ2) is 7.04. The van der Waals surface area contributed by atoms with Crippen molar-refractivity contribution in [2.24, 2.45) is 0 Å². The van der Waals surface area contributed by atoms with Crippen molar-refractivity contribution in [3.63, 3.8) is 0 Å². The van der Waals surface area contributed by atoms with Gasteiger partial charge in [-0.05, 0) is 31.2 Å². The number of nitrogens with zero attached hydrogens (tertiary/aromatic N) is 2. The number of aliphatic carboxylic acids is 1. The molecule has 0 saturated carbocycles. The molecule has 0 radical (unpaired) electrons. The molecular formula is C15H16N2O4S. The first kappa shape index (κ1) is 16.0. The molecule has 1 aromatic carbocycles. The minimum absolute atomic E-state index is 0.263. The number of ether oxygens (including phenoxy) is 1. The number of thiazole rings is 1. The number of hydrogen-bond acceptors (Lipinski definition) is 5. The van der Waals surface area contributed by atoms with Crippen LogP contribution in [0.1, 0.15) is 17.4 Å². The lowest BCUT2D eigenvalue weighted by Gasteiger charge is -2.16. The maximum atomic E-state index is 12.2. The average molecular weight is 320 g/mol. The Kier molecular flexibility index (Phi) is 5.11. The van der Waals surface area contributed by atoms with Gasteiger partial charge in [0.25, 0.3) is 5.91 Å². The third-order valence-corrected chi connectivity index (χ3v) is 3.95. The highest BCUT2D eigenvalue weighted by molar-refractivity contribution is 7.13. The Morgan fingerprint density at radius 1 is 1.32 bits per heavy atom. The van der Waals surface area contributed by atoms with E-state index in [0.717, 1.165) is 11.3 Å². The van der Waals surface area contributed by atoms with Crippen molar-refractivity contribution in [2.45, 2.75) is 6.92 Å². The minimum Gasteiger partial charge on any atom is -0.497 e. The molecule has 0 saturated heterocycles. The quantitative estimate of drug-likeness (QED) is 0.884. The molecule has 0 bridgehead atoms. The number of benzene rings is 1. The summed E-state index contributed by atoms with van der Waals surface area (Å²) in [5, 5.41) is 11.2. The van der Waals surface area contributed by atoms with Gasteiger partial charge in [-0.2, -0.15) is 0 Å². The summed E-state index contributed by atoms with van der Waals surface area (Å²) in [6.07, 6.45) is 0. The van der Waals surface area contributed by atoms with E-state index in [2.05, 4.69) is 4.98 Å². The second-order valence-corrected chi connectivity index (χ2v) is 5.34. The first-order chi connectivity index (χ1) is 10.5. The molecule has 0 aliphatic heterocycles. The van der Waals surface area contributed by atoms with E-state index in [1.807, 2.05) is 24.3 Å². The van der Waals surface area contributed by atoms with Crippen LogP contribution in [0.4, 0.5) is 0 Å². The Labute approximate surface area is 132 Å². The van der Waals surface area contributed by atoms with E-state index in [1.165, 1.54) is 16.2 Å². The summed E-state index contributed by atoms with van der Waals surface area (Å²) in [6, 6.07) is 7.36. The summed E-state index contributed by atoms with van der Waals surface area (Å²) in [4.78, 5) is 28.6. The summed E-state index contributed by atoms with van der Waals surface area (Å²) >= 11 is 1.34. The number of aromatic nitrogens is 1. The molecule has 0 unspecified atom stereocenters. The zero-order valence-electron chi connectivity index (χ0n) is 12.3. The van der Waals surface area contributed by atoms with E-state index in [0.29, 0.717) is 11.6 Å². The first-order valence-corrected chi connectivity index (χ1v) is 7.54. The van der Waals surface area contributed by atoms with Crippen molar-refractivity contribution in [2.75, 3.05) is 20.2 Å². The first-order valence-electron chi connectivity index (χ1n) is 6.66. The highest BCUT2D eigenvalue weighted by Gasteiger charge is 2.19. The minimum atomic E-state index is -1.04. The van der Waals surface area contributed by atoms with Gasteiger partial charge in [0.15, 0.2) is 0 Å². The molecule has 0 aliphatic rings. The van der Waals surface area contributed by atoms with Gasteiger partial charge >= 0.3 is 5.97 Å². The van der Waals surface area contributed by atoms with Gasteiger partial charge in [0.2, 0.25) is 0 Å². The fraction of sp³-hybridized carbons (Fsp3) is 0.267. The monoisotopic (exact) mass is 320 g/mol. The van der Waals surface area contributed by atoms with Crippen molar-refractivity contribution in [1.29, 1.82) is 0 Å². The van der Waals surface area contributed by atoms with Crippen molar-refractivity contribution in [1.82, 2.24) is 9.88 Å². The van der Waals surface area contributed by atoms with Crippen molar-refractivity contribution in [3.05, 3.63) is 35.3 Å². The largest absolute Gasteiger partial charge is 0.497 e. The van der Waals surface area contributed by atoms with Crippen molar-refractivity contribution < 1.29 is 19.4 Å². The lowest BCUT2D eigenvalue weighted by atomic mass is 10.2. The van der Waals surface area contributed by atoms with Crippen LogP contribution in [-0.4, -0.2) is 47.1 Å². The molecule has 1 heterocycles. The maximum absolute atomic E-state index is 12.2. The van der Waals surface area contributed by atoms with Crippen LogP contribution in [0.25, 0.3) is 10.6 Å². The molecule has 7 heteroatoms. The number of carbonyl (C=O) groups is 2. The summed E-state index contributed by atoms with van der Waals surface area (Å²) in [5.41, 5.74) is 1.14. The number of likely N-dealkylation sites (N-methyl/N-ethyl adjacent to an activating group) is 1. The van der Waals surface area contributed by atoms with Crippen LogP contribution < -0.4 is 4.74 Å². The number of rotatable bonds is 6. The summed E-state index contributed by atoms with van der Waals surface area (Å²) in [7, 11) is 1.59. The zero-order chi connectivity index (χ0) is 16.1. The molecular weight excluding hydrogens is 304 g/mol. The molecule has 0 spiro atoms. The van der Waals surface area contributed by atoms with E-state index in [1.54, 1.807) is 19.4 Å². The Hall–Kier alpha value is -2.41. The van der Waals surface area contributed by atoms with Crippen LogP contribution in [0, 0.1) is 0 Å². The van der Waals surface area contributed by atoms with Crippen LogP contribution in [0.2, 0.25) is 0 Å². The molecule has 1 N–H and O–H groups in total. The molecule has 0 atom stereocenters. The molecule has 1 amide bonds. The number of methoxy groups -OCH3 is 1. The van der Waals surface area contributed by atoms with Gasteiger partial charge in [0.05, 0.1) is 7.11 Å². The van der Waals surface area contributed by atoms with Crippen LogP contribution in [0.5, 0.6) is 5.75 Å². The number of carboxylic acid groups (broad SMARTS) is 1. The fourth-order valence-electron chi connectivity index (χ4n) is 1.89. The molecule has 0 fully saturated rings. The van der Waals surface area contributed by atoms with Crippen LogP contribution in [0.15, 0.2) is 29.6 Å². The highest BCUT2D eigenvalue weighted by Crippen LogP contribution is 2.26. The van der Waals surface area contributed by atoms with E-state index < -0.39 is 5.97 Å². The Balaban J connectivity index is 2.19. The molecule has 1 aromatic heterocycles. The standard InChI is InChI=1S/C15H16N2O4S/c1-3-17(8-13(18)19)15(20)12-9-22-14(16-12)10-4-6-11(21-2)7-5-10/h4-7,9H,3,8H2,1-2H3,(H,18,19). The summed E-state index contributed by atoms with van der Waals surface area (Å²) in [6.45, 7) is 1.73. The average Bonchev–Trinajstić information content (AvgIpc) is 3.01. The number of amides is 1. The van der Waals surface area contributed by atoms with Gasteiger partial charge in [-0.25, -0.2) is 4.98 Å². The normalized spacial score (nSPS) is 10.3. The molecule has 2 aromatic rings. The van der Waals surface area contributed by atoms with Crippen LogP contribution in [0.3, 0.4) is 0 Å². The number of carboxylic acids is 1. The van der Waals surface area contributed by atoms with Crippen molar-refractivity contribution >= 4 is 23.2 Å². The third-order valence-electron chi connectivity index (χ3n) is 3.06. The molecule has 0 aliphatic carbocycles. The Morgan fingerprint density at radius 3 is 2.55 bits per heavy atom. The van der Waals surface area contributed by atoms with Gasteiger partial charge < -0.3 is 14.7 Å². The highest BCUT2D eigenvalue weighted by atomic mass is 32.1. The molecule has 6 nitrogen and oxygen atoms in total. The number of hydrogen-bond donors (Lipinski definition) is 1. The van der Waals surface area contributed by atoms with Gasteiger partial charge in [-0.3, -0.25) is 9.59 Å². The van der Waals surface area contributed by atoms with Crippen LogP contribution in [-0.2, 0) is 4.79 Å². The molecule has 22 heavy (non-hydrogen) atoms. The maximum Gasteiger partial charge on any atom is 0.323 e. The predicted molar refractivity (Wildman–Crippen MR) is 83.3 cm³/mol. The van der Waals surface area contributed by atoms with Gasteiger partial charge in [0, 0.05) is 17.5 Å². The van der Waals surface area contributed by atoms with E-state index in [4.69, 9.17) is 9.84 Å². The zero-order valence-corrected chi connectivity index (χ0v) is 13.1. The lowest BCUT2D eigenvalue weighted by molar-refractivity contribution is -0.137. The van der Waals surface area contributed by atoms with Gasteiger partial charge in [0.1, 0.15) is 23.0 Å². The smallest absolute Gasteiger partial charge is 0.323 e. The second-order valence-electron chi connectivity index (χ2n) is 4.48. The fourth-order valence-corrected chi connectivity index (χ4v) is 2.69. The summed E-state index contributed by atoms with van der Waals surface area (Å²) in [5.74, 6) is -0.669. The van der Waals surface area contributed by atoms with Gasteiger partial charge in [-0.15, -0.1) is 11.3 Å². The van der Waals surface area contributed by atoms with Crippen LogP contribution >= 0.6 is 11.3 Å². The summed E-state index contributed by atoms with van der Waals surface area (Å²) < 4.78 is 5.10. The van der Waals surface area contributed by atoms with Gasteiger partial charge in [-0.1, -0.05) is 0 Å². The SMILES string of the molecule is CCN(CC(=O)O)C(=O)c1csc(-c2ccc(OC)cc2)n1. The van der Waals surface area contributed by atoms with E-state index in [-0.39, 0.29) is 18.1 Å². The Morgan fingerprint density at radius 2 is 2.00 bits per heavy atom. The van der Waals surface area contributed by atoms with E-state index >= 15 is 0 Å². The molecule has 116 valence electrons. The molecule has 2 rings (SSSR count). The van der Waals surface area contributed by atoms with Crippen molar-refractivity contribution in [3.8, 4) is 16.3 Å². The lowest BCUT2D eigenvalue weighted by Crippen LogP contribution is -2.35. The Bertz CT molecular complexity index is 666. The number of carbonyl (C=O) groups excluding carboxylic acids is 1. The third kappa shape index (κ3) is 3.62. The predicted octanol–water partition coefficient (Wildman–Crippen LogP) is 2.37. The topological polar surface area (TPSA) is 79.7 Å².